The molecule has 0 bridgehead atoms. The minimum Gasteiger partial charge on any atom is -0.491 e. The first kappa shape index (κ1) is 14.2. The monoisotopic (exact) mass is 290 g/mol. The van der Waals surface area contributed by atoms with Crippen molar-refractivity contribution in [2.75, 3.05) is 13.2 Å². The van der Waals surface area contributed by atoms with Crippen LogP contribution >= 0.6 is 0 Å². The van der Waals surface area contributed by atoms with E-state index < -0.39 is 0 Å². The van der Waals surface area contributed by atoms with E-state index in [1.54, 1.807) is 0 Å². The largest absolute Gasteiger partial charge is 0.491 e. The van der Waals surface area contributed by atoms with Gasteiger partial charge in [0.1, 0.15) is 12.4 Å². The number of hydrogen-bond acceptors (Lipinski definition) is 3. The Hall–Kier alpha value is -1.75. The van der Waals surface area contributed by atoms with Crippen LogP contribution in [0.2, 0.25) is 0 Å². The fraction of sp³-hybridized carbons (Fsp3) is 0.562. The highest BCUT2D eigenvalue weighted by Gasteiger charge is 2.29. The molecule has 3 rings (SSSR count). The Morgan fingerprint density at radius 2 is 2.29 bits per heavy atom. The topological polar surface area (TPSA) is 59.6 Å². The van der Waals surface area contributed by atoms with Gasteiger partial charge in [0.25, 0.3) is 0 Å². The van der Waals surface area contributed by atoms with E-state index >= 15 is 0 Å². The molecule has 2 amide bonds. The second-order valence-corrected chi connectivity index (χ2v) is 5.59. The summed E-state index contributed by atoms with van der Waals surface area (Å²) in [5, 5.41) is 6.03. The van der Waals surface area contributed by atoms with Gasteiger partial charge in [-0.25, -0.2) is 4.79 Å². The lowest BCUT2D eigenvalue weighted by Gasteiger charge is -2.24. The molecule has 0 aliphatic carbocycles. The maximum absolute atomic E-state index is 12.2. The summed E-state index contributed by atoms with van der Waals surface area (Å²) in [6.07, 6.45) is 3.12. The Morgan fingerprint density at radius 1 is 1.43 bits per heavy atom. The van der Waals surface area contributed by atoms with Crippen LogP contribution in [0.15, 0.2) is 24.3 Å². The number of ether oxygens (including phenoxy) is 2. The predicted molar refractivity (Wildman–Crippen MR) is 79.4 cm³/mol. The molecule has 114 valence electrons. The van der Waals surface area contributed by atoms with Crippen LogP contribution in [0.1, 0.15) is 37.8 Å². The second kappa shape index (κ2) is 6.35. The number of urea groups is 1. The summed E-state index contributed by atoms with van der Waals surface area (Å²) in [4.78, 5) is 12.2. The van der Waals surface area contributed by atoms with Gasteiger partial charge in [-0.05, 0) is 25.3 Å². The van der Waals surface area contributed by atoms with Crippen molar-refractivity contribution >= 4 is 6.03 Å². The Bertz CT molecular complexity index is 500. The first-order valence-electron chi connectivity index (χ1n) is 7.68. The summed E-state index contributed by atoms with van der Waals surface area (Å²) >= 11 is 0. The van der Waals surface area contributed by atoms with E-state index in [1.807, 2.05) is 24.3 Å². The highest BCUT2D eigenvalue weighted by Crippen LogP contribution is 2.31. The Balaban J connectivity index is 1.57. The molecule has 1 aromatic carbocycles. The molecule has 1 aromatic rings. The van der Waals surface area contributed by atoms with E-state index in [4.69, 9.17) is 9.47 Å². The van der Waals surface area contributed by atoms with Crippen molar-refractivity contribution in [1.82, 2.24) is 10.6 Å². The molecule has 1 fully saturated rings. The maximum atomic E-state index is 12.2. The predicted octanol–water partition coefficient (Wildman–Crippen LogP) is 2.38. The first-order chi connectivity index (χ1) is 10.3. The molecule has 0 saturated carbocycles. The van der Waals surface area contributed by atoms with Gasteiger partial charge >= 0.3 is 6.03 Å². The van der Waals surface area contributed by atoms with Crippen LogP contribution in [0, 0.1) is 0 Å². The molecule has 21 heavy (non-hydrogen) atoms. The van der Waals surface area contributed by atoms with Crippen LogP contribution in [0.3, 0.4) is 0 Å². The lowest BCUT2D eigenvalue weighted by atomic mass is 10.1. The number of carbonyl (C=O) groups is 1. The maximum Gasteiger partial charge on any atom is 0.315 e. The smallest absolute Gasteiger partial charge is 0.315 e. The summed E-state index contributed by atoms with van der Waals surface area (Å²) < 4.78 is 11.2. The molecule has 5 nitrogen and oxygen atoms in total. The SMILES string of the molecule is CC[C@H](NC(=O)N[C@H]1COc2ccccc21)[C@H]1CCCO1. The molecule has 0 radical (unpaired) electrons. The zero-order valence-corrected chi connectivity index (χ0v) is 12.3. The van der Waals surface area contributed by atoms with Gasteiger partial charge in [-0.2, -0.15) is 0 Å². The number of nitrogens with one attached hydrogen (secondary N) is 2. The normalized spacial score (nSPS) is 25.0. The number of amides is 2. The molecule has 1 saturated heterocycles. The molecule has 3 atom stereocenters. The van der Waals surface area contributed by atoms with Crippen molar-refractivity contribution in [3.63, 3.8) is 0 Å². The van der Waals surface area contributed by atoms with Crippen LogP contribution in [0.25, 0.3) is 0 Å². The van der Waals surface area contributed by atoms with Gasteiger partial charge in [0.15, 0.2) is 0 Å². The van der Waals surface area contributed by atoms with Crippen molar-refractivity contribution < 1.29 is 14.3 Å². The lowest BCUT2D eigenvalue weighted by molar-refractivity contribution is 0.0794. The standard InChI is InChI=1S/C16H22N2O3/c1-2-12(15-8-5-9-20-15)17-16(19)18-13-10-21-14-7-4-3-6-11(13)14/h3-4,6-7,12-13,15H,2,5,8-10H2,1H3,(H2,17,18,19)/t12-,13-,15+/m0/s1. The number of carbonyl (C=O) groups excluding carboxylic acids is 1. The first-order valence-corrected chi connectivity index (χ1v) is 7.68. The van der Waals surface area contributed by atoms with E-state index in [0.717, 1.165) is 37.2 Å². The van der Waals surface area contributed by atoms with Crippen molar-refractivity contribution in [1.29, 1.82) is 0 Å². The van der Waals surface area contributed by atoms with Crippen LogP contribution < -0.4 is 15.4 Å². The van der Waals surface area contributed by atoms with Gasteiger partial charge in [0, 0.05) is 12.2 Å². The van der Waals surface area contributed by atoms with Crippen molar-refractivity contribution in [2.45, 2.75) is 44.4 Å². The molecule has 0 unspecified atom stereocenters. The molecular formula is C16H22N2O3. The number of para-hydroxylation sites is 1. The van der Waals surface area contributed by atoms with Gasteiger partial charge in [-0.3, -0.25) is 0 Å². The molecule has 2 heterocycles. The van der Waals surface area contributed by atoms with Crippen molar-refractivity contribution in [2.24, 2.45) is 0 Å². The second-order valence-electron chi connectivity index (χ2n) is 5.59. The van der Waals surface area contributed by atoms with Crippen molar-refractivity contribution in [3.8, 4) is 5.75 Å². The van der Waals surface area contributed by atoms with Crippen LogP contribution in [0.4, 0.5) is 4.79 Å². The fourth-order valence-corrected chi connectivity index (χ4v) is 3.03. The molecule has 5 heteroatoms. The van der Waals surface area contributed by atoms with E-state index in [1.165, 1.54) is 0 Å². The highest BCUT2D eigenvalue weighted by atomic mass is 16.5. The zero-order chi connectivity index (χ0) is 14.7. The van der Waals surface area contributed by atoms with Crippen LogP contribution in [-0.2, 0) is 4.74 Å². The average Bonchev–Trinajstić information content (AvgIpc) is 3.15. The highest BCUT2D eigenvalue weighted by molar-refractivity contribution is 5.75. The van der Waals surface area contributed by atoms with Gasteiger partial charge < -0.3 is 20.1 Å². The summed E-state index contributed by atoms with van der Waals surface area (Å²) in [5.74, 6) is 0.856. The van der Waals surface area contributed by atoms with Gasteiger partial charge in [-0.1, -0.05) is 25.1 Å². The van der Waals surface area contributed by atoms with Crippen molar-refractivity contribution in [3.05, 3.63) is 29.8 Å². The number of rotatable bonds is 4. The molecule has 0 aromatic heterocycles. The molecular weight excluding hydrogens is 268 g/mol. The van der Waals surface area contributed by atoms with E-state index in [2.05, 4.69) is 17.6 Å². The Morgan fingerprint density at radius 3 is 3.05 bits per heavy atom. The third-order valence-corrected chi connectivity index (χ3v) is 4.18. The molecule has 2 aliphatic rings. The van der Waals surface area contributed by atoms with Gasteiger partial charge in [0.05, 0.1) is 18.2 Å². The van der Waals surface area contributed by atoms with Crippen LogP contribution in [-0.4, -0.2) is 31.4 Å². The fourth-order valence-electron chi connectivity index (χ4n) is 3.03. The zero-order valence-electron chi connectivity index (χ0n) is 12.3. The summed E-state index contributed by atoms with van der Waals surface area (Å²) in [6.45, 7) is 3.36. The number of hydrogen-bond donors (Lipinski definition) is 2. The number of fused-ring (bicyclic) bond motifs is 1. The third kappa shape index (κ3) is 3.13. The molecule has 2 aliphatic heterocycles. The minimum atomic E-state index is -0.150. The van der Waals surface area contributed by atoms with Gasteiger partial charge in [0.2, 0.25) is 0 Å². The summed E-state index contributed by atoms with van der Waals surface area (Å²) in [5.41, 5.74) is 1.04. The molecule has 0 spiro atoms. The number of benzene rings is 1. The summed E-state index contributed by atoms with van der Waals surface area (Å²) in [6, 6.07) is 7.66. The Kier molecular flexibility index (Phi) is 4.29. The van der Waals surface area contributed by atoms with Crippen LogP contribution in [0.5, 0.6) is 5.75 Å². The third-order valence-electron chi connectivity index (χ3n) is 4.18. The molecule has 2 N–H and O–H groups in total. The summed E-state index contributed by atoms with van der Waals surface area (Å²) in [7, 11) is 0. The van der Waals surface area contributed by atoms with Gasteiger partial charge in [-0.15, -0.1) is 0 Å². The van der Waals surface area contributed by atoms with E-state index in [-0.39, 0.29) is 24.2 Å². The lowest BCUT2D eigenvalue weighted by Crippen LogP contribution is -2.48. The van der Waals surface area contributed by atoms with E-state index in [9.17, 15) is 4.79 Å². The Labute approximate surface area is 125 Å². The average molecular weight is 290 g/mol. The van der Waals surface area contributed by atoms with E-state index in [0.29, 0.717) is 6.61 Å². The minimum absolute atomic E-state index is 0.0741. The quantitative estimate of drug-likeness (QED) is 0.895.